The second kappa shape index (κ2) is 6.10. The second-order valence-corrected chi connectivity index (χ2v) is 4.98. The minimum absolute atomic E-state index is 0.160. The highest BCUT2D eigenvalue weighted by molar-refractivity contribution is 7.84. The van der Waals surface area contributed by atoms with Gasteiger partial charge in [-0.25, -0.2) is 0 Å². The number of hydrogen-bond acceptors (Lipinski definition) is 3. The first-order chi connectivity index (χ1) is 5.95. The van der Waals surface area contributed by atoms with Crippen LogP contribution in [-0.2, 0) is 15.6 Å². The van der Waals surface area contributed by atoms with Crippen molar-refractivity contribution in [2.45, 2.75) is 31.6 Å². The summed E-state index contributed by atoms with van der Waals surface area (Å²) in [6.45, 7) is 4.31. The van der Waals surface area contributed by atoms with Crippen molar-refractivity contribution in [2.75, 3.05) is 12.8 Å². The van der Waals surface area contributed by atoms with Crippen molar-refractivity contribution < 1.29 is 9.00 Å². The van der Waals surface area contributed by atoms with Crippen LogP contribution in [0.25, 0.3) is 0 Å². The standard InChI is InChI=1S/C8H18N2O2S/c1-6(13(3)12)4-5-10-7(2)8(9)11/h6-7,10H,4-5H2,1-3H3,(H2,9,11). The molecular formula is C8H18N2O2S. The van der Waals surface area contributed by atoms with E-state index in [1.54, 1.807) is 13.2 Å². The maximum Gasteiger partial charge on any atom is 0.234 e. The van der Waals surface area contributed by atoms with Crippen LogP contribution in [0, 0.1) is 0 Å². The number of amides is 1. The van der Waals surface area contributed by atoms with Gasteiger partial charge in [0.2, 0.25) is 5.91 Å². The van der Waals surface area contributed by atoms with Crippen molar-refractivity contribution in [3.8, 4) is 0 Å². The van der Waals surface area contributed by atoms with Crippen LogP contribution in [0.1, 0.15) is 20.3 Å². The minimum Gasteiger partial charge on any atom is -0.368 e. The topological polar surface area (TPSA) is 72.2 Å². The molecule has 0 fully saturated rings. The third-order valence-electron chi connectivity index (χ3n) is 1.99. The van der Waals surface area contributed by atoms with Gasteiger partial charge in [-0.15, -0.1) is 0 Å². The predicted octanol–water partition coefficient (Wildman–Crippen LogP) is -0.393. The summed E-state index contributed by atoms with van der Waals surface area (Å²) >= 11 is 0. The third-order valence-corrected chi connectivity index (χ3v) is 3.36. The van der Waals surface area contributed by atoms with Gasteiger partial charge >= 0.3 is 0 Å². The van der Waals surface area contributed by atoms with Crippen molar-refractivity contribution in [2.24, 2.45) is 5.73 Å². The maximum absolute atomic E-state index is 10.9. The van der Waals surface area contributed by atoms with E-state index in [-0.39, 0.29) is 17.2 Å². The minimum atomic E-state index is -0.792. The van der Waals surface area contributed by atoms with E-state index < -0.39 is 10.8 Å². The molecule has 4 nitrogen and oxygen atoms in total. The SMILES string of the molecule is CC(NCCC(C)S(C)=O)C(N)=O. The molecule has 0 saturated carbocycles. The summed E-state index contributed by atoms with van der Waals surface area (Å²) in [5, 5.41) is 3.12. The molecule has 0 aromatic heterocycles. The van der Waals surface area contributed by atoms with Crippen LogP contribution in [-0.4, -0.2) is 34.2 Å². The van der Waals surface area contributed by atoms with Gasteiger partial charge in [-0.1, -0.05) is 6.92 Å². The van der Waals surface area contributed by atoms with E-state index in [0.717, 1.165) is 6.42 Å². The molecule has 0 spiro atoms. The van der Waals surface area contributed by atoms with Crippen LogP contribution in [0.15, 0.2) is 0 Å². The molecule has 0 rings (SSSR count). The Morgan fingerprint density at radius 2 is 2.08 bits per heavy atom. The molecule has 3 unspecified atom stereocenters. The Kier molecular flexibility index (Phi) is 5.90. The Balaban J connectivity index is 3.56. The Labute approximate surface area is 81.7 Å². The number of hydrogen-bond donors (Lipinski definition) is 2. The van der Waals surface area contributed by atoms with Gasteiger partial charge in [-0.05, 0) is 19.9 Å². The zero-order chi connectivity index (χ0) is 10.4. The van der Waals surface area contributed by atoms with E-state index >= 15 is 0 Å². The second-order valence-electron chi connectivity index (χ2n) is 3.18. The molecule has 0 radical (unpaired) electrons. The van der Waals surface area contributed by atoms with Crippen molar-refractivity contribution in [3.63, 3.8) is 0 Å². The molecule has 1 amide bonds. The first-order valence-corrected chi connectivity index (χ1v) is 5.92. The third kappa shape index (κ3) is 5.76. The Hall–Kier alpha value is -0.420. The van der Waals surface area contributed by atoms with Crippen LogP contribution in [0.3, 0.4) is 0 Å². The van der Waals surface area contributed by atoms with Gasteiger partial charge in [0.25, 0.3) is 0 Å². The largest absolute Gasteiger partial charge is 0.368 e. The van der Waals surface area contributed by atoms with Gasteiger partial charge in [-0.3, -0.25) is 9.00 Å². The first kappa shape index (κ1) is 12.6. The molecule has 0 aliphatic heterocycles. The van der Waals surface area contributed by atoms with Crippen molar-refractivity contribution >= 4 is 16.7 Å². The molecule has 0 heterocycles. The average molecular weight is 206 g/mol. The zero-order valence-electron chi connectivity index (χ0n) is 8.37. The van der Waals surface area contributed by atoms with Crippen LogP contribution >= 0.6 is 0 Å². The lowest BCUT2D eigenvalue weighted by Gasteiger charge is -2.12. The lowest BCUT2D eigenvalue weighted by molar-refractivity contribution is -0.119. The number of carbonyl (C=O) groups excluding carboxylic acids is 1. The normalized spacial score (nSPS) is 17.8. The average Bonchev–Trinajstić information content (AvgIpc) is 2.03. The fourth-order valence-corrected chi connectivity index (χ4v) is 1.22. The van der Waals surface area contributed by atoms with Gasteiger partial charge in [0, 0.05) is 22.3 Å². The van der Waals surface area contributed by atoms with Crippen molar-refractivity contribution in [1.29, 1.82) is 0 Å². The number of carbonyl (C=O) groups is 1. The number of rotatable bonds is 6. The highest BCUT2D eigenvalue weighted by atomic mass is 32.2. The van der Waals surface area contributed by atoms with Crippen LogP contribution < -0.4 is 11.1 Å². The van der Waals surface area contributed by atoms with Crippen molar-refractivity contribution in [1.82, 2.24) is 5.32 Å². The lowest BCUT2D eigenvalue weighted by atomic mass is 10.3. The van der Waals surface area contributed by atoms with Crippen molar-refractivity contribution in [3.05, 3.63) is 0 Å². The molecule has 0 aliphatic rings. The lowest BCUT2D eigenvalue weighted by Crippen LogP contribution is -2.39. The van der Waals surface area contributed by atoms with Crippen LogP contribution in [0.4, 0.5) is 0 Å². The van der Waals surface area contributed by atoms with Gasteiger partial charge < -0.3 is 11.1 Å². The molecule has 0 aromatic carbocycles. The molecule has 78 valence electrons. The van der Waals surface area contributed by atoms with Gasteiger partial charge in [0.15, 0.2) is 0 Å². The van der Waals surface area contributed by atoms with Gasteiger partial charge in [0.05, 0.1) is 6.04 Å². The summed E-state index contributed by atoms with van der Waals surface area (Å²) in [5.74, 6) is -0.356. The molecule has 0 aliphatic carbocycles. The van der Waals surface area contributed by atoms with E-state index in [1.807, 2.05) is 6.92 Å². The summed E-state index contributed by atoms with van der Waals surface area (Å²) in [6, 6.07) is -0.308. The summed E-state index contributed by atoms with van der Waals surface area (Å²) in [7, 11) is -0.792. The predicted molar refractivity (Wildman–Crippen MR) is 54.8 cm³/mol. The summed E-state index contributed by atoms with van der Waals surface area (Å²) in [6.07, 6.45) is 2.48. The molecule has 0 aromatic rings. The number of nitrogens with two attached hydrogens (primary N) is 1. The fraction of sp³-hybridized carbons (Fsp3) is 0.875. The Morgan fingerprint density at radius 3 is 2.46 bits per heavy atom. The fourth-order valence-electron chi connectivity index (χ4n) is 0.770. The van der Waals surface area contributed by atoms with Gasteiger partial charge in [0.1, 0.15) is 0 Å². The summed E-state index contributed by atoms with van der Waals surface area (Å²) in [5.41, 5.74) is 5.05. The molecule has 0 saturated heterocycles. The summed E-state index contributed by atoms with van der Waals surface area (Å²) in [4.78, 5) is 10.6. The van der Waals surface area contributed by atoms with E-state index in [0.29, 0.717) is 6.54 Å². The zero-order valence-corrected chi connectivity index (χ0v) is 9.19. The molecule has 3 N–H and O–H groups in total. The molecule has 0 bridgehead atoms. The number of primary amides is 1. The Bertz CT molecular complexity index is 177. The monoisotopic (exact) mass is 206 g/mol. The molecule has 13 heavy (non-hydrogen) atoms. The van der Waals surface area contributed by atoms with Gasteiger partial charge in [-0.2, -0.15) is 0 Å². The van der Waals surface area contributed by atoms with Crippen LogP contribution in [0.5, 0.6) is 0 Å². The maximum atomic E-state index is 10.9. The summed E-state index contributed by atoms with van der Waals surface area (Å²) < 4.78 is 10.9. The quantitative estimate of drug-likeness (QED) is 0.621. The molecular weight excluding hydrogens is 188 g/mol. The van der Waals surface area contributed by atoms with E-state index in [2.05, 4.69) is 5.32 Å². The van der Waals surface area contributed by atoms with E-state index in [4.69, 9.17) is 5.73 Å². The van der Waals surface area contributed by atoms with Crippen LogP contribution in [0.2, 0.25) is 0 Å². The van der Waals surface area contributed by atoms with E-state index in [1.165, 1.54) is 0 Å². The van der Waals surface area contributed by atoms with E-state index in [9.17, 15) is 9.00 Å². The molecule has 3 atom stereocenters. The first-order valence-electron chi connectivity index (χ1n) is 4.30. The smallest absolute Gasteiger partial charge is 0.234 e. The highest BCUT2D eigenvalue weighted by Gasteiger charge is 2.09. The molecule has 5 heteroatoms. The number of nitrogens with one attached hydrogen (secondary N) is 1. The Morgan fingerprint density at radius 1 is 1.54 bits per heavy atom. The highest BCUT2D eigenvalue weighted by Crippen LogP contribution is 1.97.